The number of benzene rings is 2. The van der Waals surface area contributed by atoms with Gasteiger partial charge in [0.25, 0.3) is 0 Å². The molecule has 1 saturated heterocycles. The molecule has 2 aromatic carbocycles. The van der Waals surface area contributed by atoms with Gasteiger partial charge in [0.15, 0.2) is 5.78 Å². The molecule has 5 nitrogen and oxygen atoms in total. The smallest absolute Gasteiger partial charge is 0.227 e. The number of likely N-dealkylation sites (tertiary alicyclic amines) is 1. The van der Waals surface area contributed by atoms with Crippen LogP contribution in [0.1, 0.15) is 61.6 Å². The second-order valence-corrected chi connectivity index (χ2v) is 11.2. The Morgan fingerprint density at radius 1 is 1.21 bits per heavy atom. The largest absolute Gasteiger partial charge is 0.490 e. The lowest BCUT2D eigenvalue weighted by molar-refractivity contribution is -0.131. The van der Waals surface area contributed by atoms with Crippen molar-refractivity contribution >= 4 is 39.4 Å². The van der Waals surface area contributed by atoms with E-state index in [1.165, 1.54) is 0 Å². The van der Waals surface area contributed by atoms with Gasteiger partial charge in [-0.15, -0.1) is 5.73 Å². The van der Waals surface area contributed by atoms with E-state index in [1.807, 2.05) is 61.3 Å². The highest BCUT2D eigenvalue weighted by atomic mass is 79.9. The van der Waals surface area contributed by atoms with E-state index in [1.54, 1.807) is 0 Å². The topological polar surface area (TPSA) is 58.6 Å². The first-order valence-electron chi connectivity index (χ1n) is 13.4. The third kappa shape index (κ3) is 5.82. The molecule has 1 aliphatic carbocycles. The predicted molar refractivity (Wildman–Crippen MR) is 158 cm³/mol. The number of carbonyl (C=O) groups is 2. The van der Waals surface area contributed by atoms with Crippen molar-refractivity contribution in [1.29, 1.82) is 0 Å². The van der Waals surface area contributed by atoms with Gasteiger partial charge in [0, 0.05) is 35.9 Å². The molecule has 1 saturated carbocycles. The maximum absolute atomic E-state index is 14.2. The number of rotatable bonds is 9. The van der Waals surface area contributed by atoms with Crippen molar-refractivity contribution in [1.82, 2.24) is 4.90 Å². The monoisotopic (exact) mass is 576 g/mol. The van der Waals surface area contributed by atoms with E-state index in [-0.39, 0.29) is 24.2 Å². The Labute approximate surface area is 234 Å². The molecule has 2 fully saturated rings. The highest BCUT2D eigenvalue weighted by Crippen LogP contribution is 2.47. The number of nitrogens with zero attached hydrogens (tertiary/aromatic N) is 1. The summed E-state index contributed by atoms with van der Waals surface area (Å²) in [6.45, 7) is 11.4. The fraction of sp³-hybridized carbons (Fsp3) is 0.406. The van der Waals surface area contributed by atoms with Crippen molar-refractivity contribution in [2.45, 2.75) is 63.4 Å². The molecule has 0 atom stereocenters. The van der Waals surface area contributed by atoms with Crippen molar-refractivity contribution in [3.8, 4) is 5.75 Å². The van der Waals surface area contributed by atoms with Crippen LogP contribution in [0.2, 0.25) is 0 Å². The molecule has 200 valence electrons. The standard InChI is InChI=1S/C32H37BrN2O3/c1-5-9-24-21-26(12-13-28(24)34-4)38-25-14-16-32(17-15-25,30-22(2)10-8-11-27(30)33)31(37)23(3)20-29(36)35-18-6-7-19-35/h8-13,21,25,34H,1,3,6-7,14-20H2,2,4H3. The van der Waals surface area contributed by atoms with Crippen LogP contribution in [-0.2, 0) is 15.0 Å². The Morgan fingerprint density at radius 3 is 2.55 bits per heavy atom. The molecule has 1 N–H and O–H groups in total. The number of nitrogens with one attached hydrogen (secondary N) is 1. The van der Waals surface area contributed by atoms with E-state index in [9.17, 15) is 9.59 Å². The SMILES string of the molecule is C=C=Cc1cc(OC2CCC(C(=O)C(=C)CC(=O)N3CCCC3)(c3c(C)cccc3Br)CC2)ccc1NC. The van der Waals surface area contributed by atoms with Crippen molar-refractivity contribution in [3.63, 3.8) is 0 Å². The number of anilines is 1. The van der Waals surface area contributed by atoms with E-state index in [2.05, 4.69) is 40.1 Å². The average molecular weight is 578 g/mol. The molecule has 4 rings (SSSR count). The van der Waals surface area contributed by atoms with Crippen molar-refractivity contribution in [2.24, 2.45) is 0 Å². The third-order valence-corrected chi connectivity index (χ3v) is 8.58. The fourth-order valence-corrected chi connectivity index (χ4v) is 6.82. The van der Waals surface area contributed by atoms with Crippen molar-refractivity contribution in [3.05, 3.63) is 82.0 Å². The Hall–Kier alpha value is -3.08. The molecule has 0 radical (unpaired) electrons. The summed E-state index contributed by atoms with van der Waals surface area (Å²) in [6.07, 6.45) is 6.65. The number of amides is 1. The normalized spacial score (nSPS) is 20.9. The number of halogens is 1. The van der Waals surface area contributed by atoms with Crippen molar-refractivity contribution in [2.75, 3.05) is 25.5 Å². The van der Waals surface area contributed by atoms with E-state index < -0.39 is 5.41 Å². The molecule has 0 spiro atoms. The number of hydrogen-bond donors (Lipinski definition) is 1. The summed E-state index contributed by atoms with van der Waals surface area (Å²) < 4.78 is 7.33. The van der Waals surface area contributed by atoms with Crippen LogP contribution in [0.25, 0.3) is 6.08 Å². The zero-order valence-corrected chi connectivity index (χ0v) is 24.0. The minimum atomic E-state index is -0.737. The Balaban J connectivity index is 1.56. The zero-order valence-electron chi connectivity index (χ0n) is 22.4. The second kappa shape index (κ2) is 12.2. The van der Waals surface area contributed by atoms with Gasteiger partial charge in [-0.25, -0.2) is 0 Å². The summed E-state index contributed by atoms with van der Waals surface area (Å²) in [4.78, 5) is 28.9. The maximum Gasteiger partial charge on any atom is 0.227 e. The van der Waals surface area contributed by atoms with Gasteiger partial charge in [-0.2, -0.15) is 0 Å². The lowest BCUT2D eigenvalue weighted by Gasteiger charge is -2.41. The van der Waals surface area contributed by atoms with Crippen LogP contribution >= 0.6 is 15.9 Å². The predicted octanol–water partition coefficient (Wildman–Crippen LogP) is 6.99. The van der Waals surface area contributed by atoms with Crippen LogP contribution in [0.5, 0.6) is 5.75 Å². The molecule has 6 heteroatoms. The molecular formula is C32H37BrN2O3. The number of aryl methyl sites for hydroxylation is 1. The van der Waals surface area contributed by atoms with Gasteiger partial charge in [0.1, 0.15) is 5.75 Å². The maximum atomic E-state index is 14.2. The number of Topliss-reactive ketones (excluding diaryl/α,β-unsaturated/α-hetero) is 1. The van der Waals surface area contributed by atoms with Gasteiger partial charge in [0.05, 0.1) is 17.9 Å². The molecule has 2 aliphatic rings. The summed E-state index contributed by atoms with van der Waals surface area (Å²) in [7, 11) is 1.88. The van der Waals surface area contributed by atoms with Gasteiger partial charge < -0.3 is 15.0 Å². The van der Waals surface area contributed by atoms with Crippen molar-refractivity contribution < 1.29 is 14.3 Å². The molecule has 38 heavy (non-hydrogen) atoms. The van der Waals surface area contributed by atoms with Crippen LogP contribution in [0.4, 0.5) is 5.69 Å². The van der Waals surface area contributed by atoms with E-state index in [0.29, 0.717) is 18.4 Å². The van der Waals surface area contributed by atoms with Crippen LogP contribution in [0.15, 0.2) is 65.3 Å². The first kappa shape index (κ1) is 27.9. The van der Waals surface area contributed by atoms with Crippen LogP contribution in [-0.4, -0.2) is 42.8 Å². The lowest BCUT2D eigenvalue weighted by atomic mass is 9.63. The van der Waals surface area contributed by atoms with Gasteiger partial charge in [-0.3, -0.25) is 9.59 Å². The number of ketones is 1. The minimum absolute atomic E-state index is 0.00580. The van der Waals surface area contributed by atoms with Crippen LogP contribution in [0, 0.1) is 6.92 Å². The highest BCUT2D eigenvalue weighted by Gasteiger charge is 2.46. The Bertz CT molecular complexity index is 1240. The third-order valence-electron chi connectivity index (χ3n) is 7.92. The second-order valence-electron chi connectivity index (χ2n) is 10.4. The van der Waals surface area contributed by atoms with Crippen LogP contribution < -0.4 is 10.1 Å². The Morgan fingerprint density at radius 2 is 1.92 bits per heavy atom. The molecule has 1 heterocycles. The lowest BCUT2D eigenvalue weighted by Crippen LogP contribution is -2.44. The van der Waals surface area contributed by atoms with Gasteiger partial charge >= 0.3 is 0 Å². The molecule has 0 bridgehead atoms. The van der Waals surface area contributed by atoms with Crippen LogP contribution in [0.3, 0.4) is 0 Å². The summed E-state index contributed by atoms with van der Waals surface area (Å²) in [5.74, 6) is 0.772. The first-order chi connectivity index (χ1) is 18.3. The molecule has 1 aliphatic heterocycles. The van der Waals surface area contributed by atoms with Gasteiger partial charge in [-0.1, -0.05) is 41.2 Å². The summed E-state index contributed by atoms with van der Waals surface area (Å²) in [5, 5.41) is 3.17. The Kier molecular flexibility index (Phi) is 8.96. The van der Waals surface area contributed by atoms with E-state index in [0.717, 1.165) is 71.4 Å². The quantitative estimate of drug-likeness (QED) is 0.258. The molecule has 0 unspecified atom stereocenters. The first-order valence-corrected chi connectivity index (χ1v) is 14.2. The summed E-state index contributed by atoms with van der Waals surface area (Å²) in [6, 6.07) is 12.0. The van der Waals surface area contributed by atoms with E-state index >= 15 is 0 Å². The minimum Gasteiger partial charge on any atom is -0.490 e. The number of hydrogen-bond acceptors (Lipinski definition) is 4. The number of carbonyl (C=O) groups excluding carboxylic acids is 2. The average Bonchev–Trinajstić information content (AvgIpc) is 3.45. The summed E-state index contributed by atoms with van der Waals surface area (Å²) in [5.41, 5.74) is 6.52. The molecule has 0 aromatic heterocycles. The zero-order chi connectivity index (χ0) is 27.3. The molecular weight excluding hydrogens is 540 g/mol. The van der Waals surface area contributed by atoms with Gasteiger partial charge in [-0.05, 0) is 92.5 Å². The summed E-state index contributed by atoms with van der Waals surface area (Å²) >= 11 is 3.74. The van der Waals surface area contributed by atoms with E-state index in [4.69, 9.17) is 4.74 Å². The molecule has 2 aromatic rings. The molecule has 1 amide bonds. The highest BCUT2D eigenvalue weighted by molar-refractivity contribution is 9.10. The fourth-order valence-electron chi connectivity index (χ4n) is 5.97. The number of ether oxygens (including phenoxy) is 1. The van der Waals surface area contributed by atoms with Gasteiger partial charge in [0.2, 0.25) is 5.91 Å².